The normalized spacial score (nSPS) is 10.6. The maximum absolute atomic E-state index is 12.3. The minimum atomic E-state index is -0.690. The third-order valence-corrected chi connectivity index (χ3v) is 2.88. The number of ketones is 1. The van der Waals surface area contributed by atoms with Gasteiger partial charge in [-0.1, -0.05) is 0 Å². The Kier molecular flexibility index (Phi) is 4.64. The molecule has 19 heavy (non-hydrogen) atoms. The SMILES string of the molecule is CCOC(=O)c1cc(C(C)=O)c(C)n(C(C)C)c1=O. The van der Waals surface area contributed by atoms with Gasteiger partial charge in [-0.3, -0.25) is 9.59 Å². The first-order chi connectivity index (χ1) is 8.81. The van der Waals surface area contributed by atoms with Gasteiger partial charge < -0.3 is 9.30 Å². The van der Waals surface area contributed by atoms with E-state index in [1.165, 1.54) is 17.6 Å². The zero-order chi connectivity index (χ0) is 14.7. The highest BCUT2D eigenvalue weighted by atomic mass is 16.5. The number of ether oxygens (including phenoxy) is 1. The molecule has 0 aliphatic rings. The molecular formula is C14H19NO4. The van der Waals surface area contributed by atoms with E-state index in [9.17, 15) is 14.4 Å². The summed E-state index contributed by atoms with van der Waals surface area (Å²) in [6.07, 6.45) is 0. The maximum Gasteiger partial charge on any atom is 0.343 e. The second-order valence-corrected chi connectivity index (χ2v) is 4.60. The Morgan fingerprint density at radius 2 is 1.89 bits per heavy atom. The molecule has 0 bridgehead atoms. The van der Waals surface area contributed by atoms with Gasteiger partial charge in [-0.2, -0.15) is 0 Å². The van der Waals surface area contributed by atoms with E-state index in [1.807, 2.05) is 13.8 Å². The fourth-order valence-electron chi connectivity index (χ4n) is 2.06. The van der Waals surface area contributed by atoms with Crippen molar-refractivity contribution in [3.8, 4) is 0 Å². The molecule has 1 heterocycles. The molecule has 5 nitrogen and oxygen atoms in total. The number of carbonyl (C=O) groups is 2. The first-order valence-corrected chi connectivity index (χ1v) is 6.25. The summed E-state index contributed by atoms with van der Waals surface area (Å²) in [5.74, 6) is -0.873. The molecule has 0 fully saturated rings. The molecule has 0 radical (unpaired) electrons. The standard InChI is InChI=1S/C14H19NO4/c1-6-19-14(18)12-7-11(10(5)16)9(4)15(8(2)3)13(12)17/h7-8H,6H2,1-5H3. The van der Waals surface area contributed by atoms with E-state index in [4.69, 9.17) is 4.74 Å². The van der Waals surface area contributed by atoms with Gasteiger partial charge in [0.2, 0.25) is 0 Å². The van der Waals surface area contributed by atoms with Crippen molar-refractivity contribution < 1.29 is 14.3 Å². The molecule has 0 saturated carbocycles. The predicted octanol–water partition coefficient (Wildman–Crippen LogP) is 2.12. The molecule has 0 aliphatic heterocycles. The average molecular weight is 265 g/mol. The zero-order valence-corrected chi connectivity index (χ0v) is 11.9. The number of hydrogen-bond acceptors (Lipinski definition) is 4. The zero-order valence-electron chi connectivity index (χ0n) is 11.9. The van der Waals surface area contributed by atoms with Crippen LogP contribution in [0.2, 0.25) is 0 Å². The van der Waals surface area contributed by atoms with Crippen LogP contribution in [-0.2, 0) is 4.74 Å². The molecule has 0 spiro atoms. The van der Waals surface area contributed by atoms with Gasteiger partial charge >= 0.3 is 5.97 Å². The van der Waals surface area contributed by atoms with Crippen molar-refractivity contribution in [1.82, 2.24) is 4.57 Å². The van der Waals surface area contributed by atoms with E-state index in [0.717, 1.165) is 0 Å². The highest BCUT2D eigenvalue weighted by molar-refractivity contribution is 5.98. The first-order valence-electron chi connectivity index (χ1n) is 6.25. The monoisotopic (exact) mass is 265 g/mol. The van der Waals surface area contributed by atoms with Crippen molar-refractivity contribution in [1.29, 1.82) is 0 Å². The molecule has 1 aromatic heterocycles. The van der Waals surface area contributed by atoms with E-state index in [1.54, 1.807) is 13.8 Å². The molecule has 1 aromatic rings. The minimum absolute atomic E-state index is 0.0913. The van der Waals surface area contributed by atoms with Crippen LogP contribution in [0, 0.1) is 6.92 Å². The van der Waals surface area contributed by atoms with Gasteiger partial charge in [-0.15, -0.1) is 0 Å². The lowest BCUT2D eigenvalue weighted by Gasteiger charge is -2.17. The molecule has 0 aliphatic carbocycles. The lowest BCUT2D eigenvalue weighted by molar-refractivity contribution is 0.0523. The van der Waals surface area contributed by atoms with Crippen molar-refractivity contribution >= 4 is 11.8 Å². The molecule has 5 heteroatoms. The second-order valence-electron chi connectivity index (χ2n) is 4.60. The van der Waals surface area contributed by atoms with Gasteiger partial charge in [-0.25, -0.2) is 4.79 Å². The molecule has 0 unspecified atom stereocenters. The quantitative estimate of drug-likeness (QED) is 0.618. The summed E-state index contributed by atoms with van der Waals surface area (Å²) in [5, 5.41) is 0. The van der Waals surface area contributed by atoms with Crippen LogP contribution < -0.4 is 5.56 Å². The van der Waals surface area contributed by atoms with Crippen LogP contribution in [0.15, 0.2) is 10.9 Å². The minimum Gasteiger partial charge on any atom is -0.462 e. The number of carbonyl (C=O) groups excluding carboxylic acids is 2. The summed E-state index contributed by atoms with van der Waals surface area (Å²) in [6, 6.07) is 1.19. The number of aromatic nitrogens is 1. The number of nitrogens with zero attached hydrogens (tertiary/aromatic N) is 1. The summed E-state index contributed by atoms with van der Waals surface area (Å²) >= 11 is 0. The lowest BCUT2D eigenvalue weighted by Crippen LogP contribution is -2.31. The van der Waals surface area contributed by atoms with Gasteiger partial charge in [0, 0.05) is 17.3 Å². The Morgan fingerprint density at radius 1 is 1.32 bits per heavy atom. The summed E-state index contributed by atoms with van der Waals surface area (Å²) in [7, 11) is 0. The van der Waals surface area contributed by atoms with Crippen LogP contribution in [0.3, 0.4) is 0 Å². The van der Waals surface area contributed by atoms with Crippen LogP contribution in [0.1, 0.15) is 60.1 Å². The van der Waals surface area contributed by atoms with Gasteiger partial charge in [0.1, 0.15) is 5.56 Å². The molecule has 0 aromatic carbocycles. The number of pyridine rings is 1. The van der Waals surface area contributed by atoms with Crippen molar-refractivity contribution in [2.75, 3.05) is 6.61 Å². The molecule has 104 valence electrons. The first kappa shape index (κ1) is 15.1. The largest absolute Gasteiger partial charge is 0.462 e. The lowest BCUT2D eigenvalue weighted by atomic mass is 10.1. The molecule has 1 rings (SSSR count). The second kappa shape index (κ2) is 5.82. The Balaban J connectivity index is 3.62. The van der Waals surface area contributed by atoms with Gasteiger partial charge in [-0.05, 0) is 40.7 Å². The molecular weight excluding hydrogens is 246 g/mol. The number of Topliss-reactive ketones (excluding diaryl/α,β-unsaturated/α-hetero) is 1. The maximum atomic E-state index is 12.3. The van der Waals surface area contributed by atoms with Crippen LogP contribution >= 0.6 is 0 Å². The Bertz CT molecular complexity index is 570. The van der Waals surface area contributed by atoms with Crippen molar-refractivity contribution in [3.63, 3.8) is 0 Å². The highest BCUT2D eigenvalue weighted by Gasteiger charge is 2.21. The van der Waals surface area contributed by atoms with Crippen molar-refractivity contribution in [3.05, 3.63) is 33.2 Å². The number of hydrogen-bond donors (Lipinski definition) is 0. The Hall–Kier alpha value is -1.91. The van der Waals surface area contributed by atoms with Crippen LogP contribution in [-0.4, -0.2) is 22.9 Å². The molecule has 0 N–H and O–H groups in total. The van der Waals surface area contributed by atoms with Crippen LogP contribution in [0.4, 0.5) is 0 Å². The average Bonchev–Trinajstić information content (AvgIpc) is 2.28. The third-order valence-electron chi connectivity index (χ3n) is 2.88. The van der Waals surface area contributed by atoms with Gasteiger partial charge in [0.15, 0.2) is 5.78 Å². The van der Waals surface area contributed by atoms with Crippen molar-refractivity contribution in [2.45, 2.75) is 40.7 Å². The summed E-state index contributed by atoms with van der Waals surface area (Å²) in [6.45, 7) is 8.61. The third kappa shape index (κ3) is 2.92. The van der Waals surface area contributed by atoms with E-state index < -0.39 is 11.5 Å². The van der Waals surface area contributed by atoms with Crippen LogP contribution in [0.5, 0.6) is 0 Å². The summed E-state index contributed by atoms with van der Waals surface area (Å²) in [4.78, 5) is 35.7. The van der Waals surface area contributed by atoms with E-state index >= 15 is 0 Å². The van der Waals surface area contributed by atoms with Crippen molar-refractivity contribution in [2.24, 2.45) is 0 Å². The highest BCUT2D eigenvalue weighted by Crippen LogP contribution is 2.14. The number of esters is 1. The van der Waals surface area contributed by atoms with E-state index in [-0.39, 0.29) is 24.0 Å². The molecule has 0 amide bonds. The fraction of sp³-hybridized carbons (Fsp3) is 0.500. The fourth-order valence-corrected chi connectivity index (χ4v) is 2.06. The van der Waals surface area contributed by atoms with Gasteiger partial charge in [0.25, 0.3) is 5.56 Å². The van der Waals surface area contributed by atoms with Gasteiger partial charge in [0.05, 0.1) is 6.61 Å². The molecule has 0 saturated heterocycles. The predicted molar refractivity (Wildman–Crippen MR) is 71.8 cm³/mol. The topological polar surface area (TPSA) is 65.4 Å². The van der Waals surface area contributed by atoms with E-state index in [0.29, 0.717) is 11.3 Å². The Morgan fingerprint density at radius 3 is 2.32 bits per heavy atom. The number of rotatable bonds is 4. The summed E-state index contributed by atoms with van der Waals surface area (Å²) < 4.78 is 6.30. The smallest absolute Gasteiger partial charge is 0.343 e. The van der Waals surface area contributed by atoms with Crippen LogP contribution in [0.25, 0.3) is 0 Å². The van der Waals surface area contributed by atoms with E-state index in [2.05, 4.69) is 0 Å². The Labute approximate surface area is 112 Å². The summed E-state index contributed by atoms with van der Waals surface area (Å²) in [5.41, 5.74) is 0.430. The molecule has 0 atom stereocenters.